The number of rotatable bonds is 7. The Balaban J connectivity index is 2.62. The monoisotopic (exact) mass is 433 g/mol. The molecule has 0 saturated carbocycles. The number of phosphoric acid groups is 1. The molecule has 0 spiro atoms. The van der Waals surface area contributed by atoms with Gasteiger partial charge in [-0.05, 0) is 50.4 Å². The lowest BCUT2D eigenvalue weighted by atomic mass is 9.75. The minimum atomic E-state index is -4.18. The Labute approximate surface area is 178 Å². The number of hydrogen-bond donors (Lipinski definition) is 1. The number of amides is 1. The number of hydrogen-bond acceptors (Lipinski definition) is 4. The number of carbonyl (C=O) groups is 1. The van der Waals surface area contributed by atoms with E-state index in [9.17, 15) is 14.3 Å². The summed E-state index contributed by atoms with van der Waals surface area (Å²) in [7, 11) is -4.18. The summed E-state index contributed by atoms with van der Waals surface area (Å²) in [4.78, 5) is 25.1. The fourth-order valence-corrected chi connectivity index (χ4v) is 6.15. The highest BCUT2D eigenvalue weighted by molar-refractivity contribution is 7.47. The van der Waals surface area contributed by atoms with Crippen LogP contribution in [0.25, 0.3) is 0 Å². The second-order valence-electron chi connectivity index (χ2n) is 12.3. The van der Waals surface area contributed by atoms with Crippen molar-refractivity contribution in [3.8, 4) is 0 Å². The van der Waals surface area contributed by atoms with Gasteiger partial charge in [0.25, 0.3) is 0 Å². The first-order chi connectivity index (χ1) is 12.7. The van der Waals surface area contributed by atoms with E-state index >= 15 is 0 Å². The summed E-state index contributed by atoms with van der Waals surface area (Å²) in [5.41, 5.74) is -1.16. The highest BCUT2D eigenvalue weighted by Crippen LogP contribution is 2.51. The molecule has 0 aromatic carbocycles. The van der Waals surface area contributed by atoms with E-state index in [-0.39, 0.29) is 22.8 Å². The maximum Gasteiger partial charge on any atom is 0.472 e. The van der Waals surface area contributed by atoms with Gasteiger partial charge in [-0.25, -0.2) is 4.57 Å². The van der Waals surface area contributed by atoms with Crippen molar-refractivity contribution in [2.24, 2.45) is 16.2 Å². The quantitative estimate of drug-likeness (QED) is 0.514. The smallest absolute Gasteiger partial charge is 0.342 e. The first-order valence-electron chi connectivity index (χ1n) is 10.7. The van der Waals surface area contributed by atoms with Gasteiger partial charge in [0, 0.05) is 18.5 Å². The molecule has 1 rings (SSSR count). The lowest BCUT2D eigenvalue weighted by molar-refractivity contribution is -0.144. The van der Waals surface area contributed by atoms with Gasteiger partial charge in [0.2, 0.25) is 5.91 Å². The molecule has 1 atom stereocenters. The average Bonchev–Trinajstić information content (AvgIpc) is 2.40. The summed E-state index contributed by atoms with van der Waals surface area (Å²) in [6, 6.07) is 0. The Bertz CT molecular complexity index is 608. The van der Waals surface area contributed by atoms with Crippen molar-refractivity contribution in [3.63, 3.8) is 0 Å². The Morgan fingerprint density at radius 1 is 0.931 bits per heavy atom. The Morgan fingerprint density at radius 2 is 1.38 bits per heavy atom. The van der Waals surface area contributed by atoms with Gasteiger partial charge in [-0.15, -0.1) is 0 Å². The third kappa shape index (κ3) is 9.95. The van der Waals surface area contributed by atoms with Crippen molar-refractivity contribution >= 4 is 13.7 Å². The fourth-order valence-electron chi connectivity index (χ4n) is 4.83. The molecular weight excluding hydrogens is 389 g/mol. The zero-order valence-corrected chi connectivity index (χ0v) is 21.2. The van der Waals surface area contributed by atoms with Crippen LogP contribution >= 0.6 is 7.82 Å². The van der Waals surface area contributed by atoms with E-state index in [1.807, 2.05) is 32.6 Å². The molecule has 0 aromatic heterocycles. The number of carbonyl (C=O) groups excluding carboxylic acids is 1. The number of likely N-dealkylation sites (tertiary alicyclic amines) is 1. The van der Waals surface area contributed by atoms with Gasteiger partial charge in [-0.1, -0.05) is 55.4 Å². The van der Waals surface area contributed by atoms with Crippen LogP contribution in [-0.4, -0.2) is 40.5 Å². The third-order valence-electron chi connectivity index (χ3n) is 4.88. The molecule has 1 aliphatic rings. The predicted molar refractivity (Wildman–Crippen MR) is 118 cm³/mol. The van der Waals surface area contributed by atoms with Crippen molar-refractivity contribution < 1.29 is 23.3 Å². The van der Waals surface area contributed by atoms with Crippen molar-refractivity contribution in [3.05, 3.63) is 0 Å². The lowest BCUT2D eigenvalue weighted by Crippen LogP contribution is -2.47. The van der Waals surface area contributed by atoms with E-state index in [0.717, 1.165) is 6.42 Å². The minimum Gasteiger partial charge on any atom is -0.342 e. The zero-order chi connectivity index (χ0) is 22.9. The molecular formula is C22H44NO5P. The second-order valence-corrected chi connectivity index (χ2v) is 13.6. The number of nitrogens with zero attached hydrogens (tertiary/aromatic N) is 1. The maximum absolute atomic E-state index is 13.0. The molecule has 0 bridgehead atoms. The van der Waals surface area contributed by atoms with Gasteiger partial charge in [0.15, 0.2) is 0 Å². The van der Waals surface area contributed by atoms with Gasteiger partial charge >= 0.3 is 7.82 Å². The normalized spacial score (nSPS) is 19.9. The molecule has 1 heterocycles. The van der Waals surface area contributed by atoms with Crippen molar-refractivity contribution in [2.75, 3.05) is 13.1 Å². The molecule has 1 amide bonds. The topological polar surface area (TPSA) is 76.1 Å². The van der Waals surface area contributed by atoms with Gasteiger partial charge in [0.05, 0.1) is 11.7 Å². The fraction of sp³-hybridized carbons (Fsp3) is 0.955. The summed E-state index contributed by atoms with van der Waals surface area (Å²) in [6.07, 6.45) is 2.11. The zero-order valence-electron chi connectivity index (χ0n) is 20.3. The van der Waals surface area contributed by atoms with E-state index in [1.165, 1.54) is 0 Å². The van der Waals surface area contributed by atoms with Gasteiger partial charge in [-0.3, -0.25) is 13.8 Å². The summed E-state index contributed by atoms with van der Waals surface area (Å²) in [5, 5.41) is 0. The van der Waals surface area contributed by atoms with Crippen LogP contribution in [0.4, 0.5) is 0 Å². The third-order valence-corrected chi connectivity index (χ3v) is 6.17. The molecule has 1 fully saturated rings. The van der Waals surface area contributed by atoms with Gasteiger partial charge in [-0.2, -0.15) is 0 Å². The molecule has 172 valence electrons. The van der Waals surface area contributed by atoms with E-state index in [1.54, 1.807) is 0 Å². The molecule has 1 unspecified atom stereocenters. The summed E-state index contributed by atoms with van der Waals surface area (Å²) in [5.74, 6) is 0.139. The number of piperidine rings is 1. The van der Waals surface area contributed by atoms with Crippen LogP contribution in [0, 0.1) is 16.2 Å². The van der Waals surface area contributed by atoms with Crippen LogP contribution < -0.4 is 0 Å². The van der Waals surface area contributed by atoms with Crippen LogP contribution in [0.2, 0.25) is 0 Å². The molecule has 1 saturated heterocycles. The summed E-state index contributed by atoms with van der Waals surface area (Å²) < 4.78 is 23.5. The van der Waals surface area contributed by atoms with Gasteiger partial charge in [0.1, 0.15) is 0 Å². The molecule has 0 aliphatic carbocycles. The van der Waals surface area contributed by atoms with E-state index in [4.69, 9.17) is 9.05 Å². The molecule has 7 heteroatoms. The largest absolute Gasteiger partial charge is 0.472 e. The highest BCUT2D eigenvalue weighted by Gasteiger charge is 2.40. The van der Waals surface area contributed by atoms with Crippen LogP contribution in [-0.2, 0) is 18.4 Å². The van der Waals surface area contributed by atoms with Crippen LogP contribution in [0.3, 0.4) is 0 Å². The van der Waals surface area contributed by atoms with Crippen molar-refractivity contribution in [1.82, 2.24) is 4.90 Å². The van der Waals surface area contributed by atoms with Crippen LogP contribution in [0.15, 0.2) is 0 Å². The van der Waals surface area contributed by atoms with Crippen molar-refractivity contribution in [2.45, 2.75) is 107 Å². The van der Waals surface area contributed by atoms with Gasteiger partial charge < -0.3 is 9.79 Å². The van der Waals surface area contributed by atoms with Crippen molar-refractivity contribution in [1.29, 1.82) is 0 Å². The standard InChI is InChI=1S/C22H44NO5P/c1-19(2,3)15-21(7,8)18(24)23-13-11-17(12-14-23)27-29(25,26)28-22(9,10)16-20(4,5)6/h17H,11-16H2,1-10H3,(H,25,26). The summed E-state index contributed by atoms with van der Waals surface area (Å²) >= 11 is 0. The number of phosphoric ester groups is 1. The Morgan fingerprint density at radius 3 is 1.79 bits per heavy atom. The van der Waals surface area contributed by atoms with E-state index < -0.39 is 18.8 Å². The van der Waals surface area contributed by atoms with Crippen LogP contribution in [0.1, 0.15) is 94.9 Å². The minimum absolute atomic E-state index is 0.0327. The van der Waals surface area contributed by atoms with E-state index in [2.05, 4.69) is 41.5 Å². The summed E-state index contributed by atoms with van der Waals surface area (Å²) in [6.45, 7) is 21.3. The first kappa shape index (κ1) is 26.6. The van der Waals surface area contributed by atoms with Crippen LogP contribution in [0.5, 0.6) is 0 Å². The Kier molecular flexibility index (Phi) is 8.24. The lowest BCUT2D eigenvalue weighted by Gasteiger charge is -2.39. The highest BCUT2D eigenvalue weighted by atomic mass is 31.2. The molecule has 0 aromatic rings. The molecule has 6 nitrogen and oxygen atoms in total. The Hall–Kier alpha value is -0.420. The molecule has 1 aliphatic heterocycles. The molecule has 1 N–H and O–H groups in total. The predicted octanol–water partition coefficient (Wildman–Crippen LogP) is 5.79. The second kappa shape index (κ2) is 8.98. The SMILES string of the molecule is CC(C)(C)CC(C)(C)OP(=O)(O)OC1CCN(C(=O)C(C)(C)CC(C)(C)C)CC1. The molecule has 0 radical (unpaired) electrons. The first-order valence-corrected chi connectivity index (χ1v) is 12.2. The molecule has 29 heavy (non-hydrogen) atoms. The maximum atomic E-state index is 13.0. The van der Waals surface area contributed by atoms with E-state index in [0.29, 0.717) is 32.4 Å². The average molecular weight is 434 g/mol.